The molecule has 0 bridgehead atoms. The normalized spacial score (nSPS) is 12.5. The van der Waals surface area contributed by atoms with E-state index in [-0.39, 0.29) is 18.5 Å². The van der Waals surface area contributed by atoms with Crippen LogP contribution in [0.3, 0.4) is 0 Å². The summed E-state index contributed by atoms with van der Waals surface area (Å²) in [5.41, 5.74) is 0. The Morgan fingerprint density at radius 1 is 1.14 bits per heavy atom. The first-order valence-corrected chi connectivity index (χ1v) is 7.79. The first-order valence-electron chi connectivity index (χ1n) is 7.79. The molecule has 0 aromatic heterocycles. The van der Waals surface area contributed by atoms with Crippen molar-refractivity contribution in [2.24, 2.45) is 0 Å². The average Bonchev–Trinajstić information content (AvgIpc) is 2.37. The lowest BCUT2D eigenvalue weighted by molar-refractivity contribution is -0.137. The van der Waals surface area contributed by atoms with Crippen LogP contribution in [0.5, 0.6) is 0 Å². The molecule has 0 fully saturated rings. The van der Waals surface area contributed by atoms with E-state index in [1.165, 1.54) is 0 Å². The van der Waals surface area contributed by atoms with Gasteiger partial charge in [-0.15, -0.1) is 0 Å². The minimum Gasteiger partial charge on any atom is -0.481 e. The molecule has 1 unspecified atom stereocenters. The number of hydrogen-bond donors (Lipinski definition) is 3. The molecule has 0 aromatic carbocycles. The fourth-order valence-corrected chi connectivity index (χ4v) is 1.85. The molecule has 0 spiro atoms. The predicted molar refractivity (Wildman–Crippen MR) is 84.5 cm³/mol. The maximum Gasteiger partial charge on any atom is 0.314 e. The maximum atomic E-state index is 11.6. The van der Waals surface area contributed by atoms with Crippen molar-refractivity contribution in [2.75, 3.05) is 20.1 Å². The van der Waals surface area contributed by atoms with Crippen LogP contribution in [0, 0.1) is 0 Å². The Balaban J connectivity index is 3.55. The van der Waals surface area contributed by atoms with Crippen LogP contribution < -0.4 is 10.6 Å². The molecule has 6 heteroatoms. The van der Waals surface area contributed by atoms with Gasteiger partial charge in [0.25, 0.3) is 0 Å². The second kappa shape index (κ2) is 11.4. The van der Waals surface area contributed by atoms with E-state index in [2.05, 4.69) is 36.4 Å². The highest BCUT2D eigenvalue weighted by atomic mass is 16.4. The van der Waals surface area contributed by atoms with Gasteiger partial charge in [-0.1, -0.05) is 0 Å². The molecule has 0 rings (SSSR count). The van der Waals surface area contributed by atoms with Crippen LogP contribution in [0.1, 0.15) is 52.9 Å². The Morgan fingerprint density at radius 3 is 2.38 bits per heavy atom. The van der Waals surface area contributed by atoms with Crippen molar-refractivity contribution in [1.82, 2.24) is 15.5 Å². The number of nitrogens with one attached hydrogen (secondary N) is 2. The van der Waals surface area contributed by atoms with E-state index < -0.39 is 5.97 Å². The average molecular weight is 301 g/mol. The Kier molecular flexibility index (Phi) is 10.7. The topological polar surface area (TPSA) is 81.7 Å². The lowest BCUT2D eigenvalue weighted by atomic mass is 10.1. The smallest absolute Gasteiger partial charge is 0.314 e. The van der Waals surface area contributed by atoms with E-state index in [0.29, 0.717) is 25.4 Å². The maximum absolute atomic E-state index is 11.6. The SMILES string of the molecule is CC(CCCC(=O)O)NC(=O)NCCCCN(C)C(C)C. The summed E-state index contributed by atoms with van der Waals surface area (Å²) in [5.74, 6) is -0.794. The first kappa shape index (κ1) is 19.7. The van der Waals surface area contributed by atoms with Crippen molar-refractivity contribution in [3.05, 3.63) is 0 Å². The highest BCUT2D eigenvalue weighted by Crippen LogP contribution is 2.00. The van der Waals surface area contributed by atoms with Crippen LogP contribution in [-0.2, 0) is 4.79 Å². The van der Waals surface area contributed by atoms with E-state index in [1.54, 1.807) is 0 Å². The van der Waals surface area contributed by atoms with Gasteiger partial charge in [-0.25, -0.2) is 4.79 Å². The Bertz CT molecular complexity index is 309. The van der Waals surface area contributed by atoms with Crippen molar-refractivity contribution in [2.45, 2.75) is 65.0 Å². The molecule has 0 aliphatic carbocycles. The Hall–Kier alpha value is -1.30. The monoisotopic (exact) mass is 301 g/mol. The first-order chi connectivity index (χ1) is 9.82. The predicted octanol–water partition coefficient (Wildman–Crippen LogP) is 2.05. The van der Waals surface area contributed by atoms with Gasteiger partial charge in [-0.3, -0.25) is 4.79 Å². The number of unbranched alkanes of at least 4 members (excludes halogenated alkanes) is 1. The number of amides is 2. The van der Waals surface area contributed by atoms with Gasteiger partial charge in [0, 0.05) is 25.0 Å². The van der Waals surface area contributed by atoms with Crippen molar-refractivity contribution in [3.63, 3.8) is 0 Å². The number of hydrogen-bond acceptors (Lipinski definition) is 3. The molecule has 2 amide bonds. The summed E-state index contributed by atoms with van der Waals surface area (Å²) in [6.45, 7) is 7.92. The zero-order chi connectivity index (χ0) is 16.3. The van der Waals surface area contributed by atoms with Gasteiger partial charge in [-0.2, -0.15) is 0 Å². The fourth-order valence-electron chi connectivity index (χ4n) is 1.85. The van der Waals surface area contributed by atoms with Gasteiger partial charge >= 0.3 is 12.0 Å². The summed E-state index contributed by atoms with van der Waals surface area (Å²) in [4.78, 5) is 24.3. The summed E-state index contributed by atoms with van der Waals surface area (Å²) < 4.78 is 0. The number of nitrogens with zero attached hydrogens (tertiary/aromatic N) is 1. The van der Waals surface area contributed by atoms with Crippen LogP contribution in [0.15, 0.2) is 0 Å². The van der Waals surface area contributed by atoms with Crippen molar-refractivity contribution in [3.8, 4) is 0 Å². The molecule has 0 radical (unpaired) electrons. The zero-order valence-corrected chi connectivity index (χ0v) is 13.8. The fraction of sp³-hybridized carbons (Fsp3) is 0.867. The number of carbonyl (C=O) groups is 2. The zero-order valence-electron chi connectivity index (χ0n) is 13.8. The van der Waals surface area contributed by atoms with E-state index in [9.17, 15) is 9.59 Å². The molecule has 6 nitrogen and oxygen atoms in total. The lowest BCUT2D eigenvalue weighted by Crippen LogP contribution is -2.41. The van der Waals surface area contributed by atoms with Gasteiger partial charge in [0.05, 0.1) is 0 Å². The quantitative estimate of drug-likeness (QED) is 0.510. The highest BCUT2D eigenvalue weighted by Gasteiger charge is 2.07. The van der Waals surface area contributed by atoms with Crippen LogP contribution >= 0.6 is 0 Å². The van der Waals surface area contributed by atoms with E-state index in [1.807, 2.05) is 6.92 Å². The molecule has 0 aromatic rings. The van der Waals surface area contributed by atoms with Crippen LogP contribution in [-0.4, -0.2) is 54.2 Å². The number of carboxylic acids is 1. The summed E-state index contributed by atoms with van der Waals surface area (Å²) in [7, 11) is 2.10. The van der Waals surface area contributed by atoms with Crippen molar-refractivity contribution >= 4 is 12.0 Å². The molecule has 124 valence electrons. The molecule has 0 saturated heterocycles. The summed E-state index contributed by atoms with van der Waals surface area (Å²) in [6, 6.07) is 0.374. The number of aliphatic carboxylic acids is 1. The molecule has 21 heavy (non-hydrogen) atoms. The summed E-state index contributed by atoms with van der Waals surface area (Å²) in [6.07, 6.45) is 3.43. The molecular formula is C15H31N3O3. The van der Waals surface area contributed by atoms with Gasteiger partial charge in [0.2, 0.25) is 0 Å². The Morgan fingerprint density at radius 2 is 1.81 bits per heavy atom. The molecule has 0 aliphatic heterocycles. The number of carbonyl (C=O) groups excluding carboxylic acids is 1. The van der Waals surface area contributed by atoms with Gasteiger partial charge in [0.1, 0.15) is 0 Å². The van der Waals surface area contributed by atoms with Crippen molar-refractivity contribution < 1.29 is 14.7 Å². The third-order valence-corrected chi connectivity index (χ3v) is 3.51. The number of rotatable bonds is 11. The van der Waals surface area contributed by atoms with Gasteiger partial charge in [0.15, 0.2) is 0 Å². The molecule has 3 N–H and O–H groups in total. The minimum atomic E-state index is -0.794. The van der Waals surface area contributed by atoms with Gasteiger partial charge < -0.3 is 20.6 Å². The second-order valence-electron chi connectivity index (χ2n) is 5.87. The molecule has 0 saturated carbocycles. The van der Waals surface area contributed by atoms with Crippen LogP contribution in [0.2, 0.25) is 0 Å². The van der Waals surface area contributed by atoms with Crippen LogP contribution in [0.25, 0.3) is 0 Å². The summed E-state index contributed by atoms with van der Waals surface area (Å²) >= 11 is 0. The molecule has 0 aliphatic rings. The molecule has 0 heterocycles. The minimum absolute atomic E-state index is 0.00331. The lowest BCUT2D eigenvalue weighted by Gasteiger charge is -2.20. The van der Waals surface area contributed by atoms with Crippen LogP contribution in [0.4, 0.5) is 4.79 Å². The summed E-state index contributed by atoms with van der Waals surface area (Å²) in [5, 5.41) is 14.2. The standard InChI is InChI=1S/C15H31N3O3/c1-12(2)18(4)11-6-5-10-16-15(21)17-13(3)8-7-9-14(19)20/h12-13H,5-11H2,1-4H3,(H,19,20)(H2,16,17,21). The van der Waals surface area contributed by atoms with E-state index in [4.69, 9.17) is 5.11 Å². The third kappa shape index (κ3) is 12.2. The third-order valence-electron chi connectivity index (χ3n) is 3.51. The Labute approximate surface area is 128 Å². The highest BCUT2D eigenvalue weighted by molar-refractivity contribution is 5.74. The molecular weight excluding hydrogens is 270 g/mol. The van der Waals surface area contributed by atoms with Gasteiger partial charge in [-0.05, 0) is 60.0 Å². The molecule has 1 atom stereocenters. The van der Waals surface area contributed by atoms with E-state index >= 15 is 0 Å². The number of urea groups is 1. The van der Waals surface area contributed by atoms with Crippen molar-refractivity contribution in [1.29, 1.82) is 0 Å². The largest absolute Gasteiger partial charge is 0.481 e. The second-order valence-corrected chi connectivity index (χ2v) is 5.87. The number of carboxylic acid groups (broad SMARTS) is 1. The van der Waals surface area contributed by atoms with E-state index in [0.717, 1.165) is 19.4 Å².